The Labute approximate surface area is 206 Å². The predicted molar refractivity (Wildman–Crippen MR) is 139 cm³/mol. The molecule has 2 aliphatic rings. The Kier molecular flexibility index (Phi) is 5.54. The largest absolute Gasteiger partial charge is 0.368 e. The monoisotopic (exact) mass is 468 g/mol. The van der Waals surface area contributed by atoms with E-state index in [1.807, 2.05) is 6.07 Å². The van der Waals surface area contributed by atoms with Gasteiger partial charge in [0.2, 0.25) is 0 Å². The molecule has 0 bridgehead atoms. The SMILES string of the molecule is CN(C)C1(c2ccccc2)CCC2(OCCc3c2[nH]c2ccc(F)cc32)C(Cc2ccccc2)C1. The second kappa shape index (κ2) is 8.61. The summed E-state index contributed by atoms with van der Waals surface area (Å²) in [5.41, 5.74) is 5.64. The zero-order valence-electron chi connectivity index (χ0n) is 20.6. The maximum Gasteiger partial charge on any atom is 0.123 e. The number of hydrogen-bond donors (Lipinski definition) is 1. The molecule has 6 rings (SSSR count). The summed E-state index contributed by atoms with van der Waals surface area (Å²) in [6.07, 6.45) is 4.66. The topological polar surface area (TPSA) is 28.3 Å². The molecule has 3 atom stereocenters. The average Bonchev–Trinajstić information content (AvgIpc) is 3.26. The van der Waals surface area contributed by atoms with Crippen LogP contribution in [0, 0.1) is 11.7 Å². The van der Waals surface area contributed by atoms with Gasteiger partial charge in [0, 0.05) is 16.4 Å². The first-order valence-corrected chi connectivity index (χ1v) is 12.7. The van der Waals surface area contributed by atoms with Gasteiger partial charge in [-0.15, -0.1) is 0 Å². The molecule has 1 aromatic heterocycles. The van der Waals surface area contributed by atoms with E-state index in [2.05, 4.69) is 84.6 Å². The van der Waals surface area contributed by atoms with Crippen molar-refractivity contribution in [2.75, 3.05) is 20.7 Å². The van der Waals surface area contributed by atoms with E-state index < -0.39 is 5.60 Å². The van der Waals surface area contributed by atoms with Gasteiger partial charge >= 0.3 is 0 Å². The molecular weight excluding hydrogens is 435 g/mol. The highest BCUT2D eigenvalue weighted by Gasteiger charge is 2.54. The van der Waals surface area contributed by atoms with Crippen molar-refractivity contribution in [1.29, 1.82) is 0 Å². The first-order valence-electron chi connectivity index (χ1n) is 12.7. The zero-order chi connectivity index (χ0) is 24.0. The van der Waals surface area contributed by atoms with E-state index in [4.69, 9.17) is 4.74 Å². The molecule has 0 saturated heterocycles. The number of nitrogens with zero attached hydrogens (tertiary/aromatic N) is 1. The van der Waals surface area contributed by atoms with Crippen LogP contribution in [0.25, 0.3) is 10.9 Å². The van der Waals surface area contributed by atoms with Crippen LogP contribution in [0.1, 0.15) is 41.6 Å². The van der Waals surface area contributed by atoms with Crippen LogP contribution in [-0.2, 0) is 28.7 Å². The van der Waals surface area contributed by atoms with Crippen LogP contribution in [0.2, 0.25) is 0 Å². The third-order valence-corrected chi connectivity index (χ3v) is 8.65. The Morgan fingerprint density at radius 2 is 1.71 bits per heavy atom. The Morgan fingerprint density at radius 1 is 0.971 bits per heavy atom. The van der Waals surface area contributed by atoms with E-state index in [0.29, 0.717) is 6.61 Å². The number of aromatic amines is 1. The minimum Gasteiger partial charge on any atom is -0.368 e. The van der Waals surface area contributed by atoms with Crippen molar-refractivity contribution in [2.45, 2.75) is 43.2 Å². The first kappa shape index (κ1) is 22.5. The molecule has 1 spiro atoms. The van der Waals surface area contributed by atoms with Crippen LogP contribution >= 0.6 is 0 Å². The number of halogens is 1. The number of H-pyrrole nitrogens is 1. The van der Waals surface area contributed by atoms with Gasteiger partial charge in [0.1, 0.15) is 11.4 Å². The molecule has 1 saturated carbocycles. The molecule has 180 valence electrons. The molecule has 0 radical (unpaired) electrons. The second-order valence-corrected chi connectivity index (χ2v) is 10.5. The Bertz CT molecular complexity index is 1330. The van der Waals surface area contributed by atoms with Crippen molar-refractivity contribution < 1.29 is 9.13 Å². The smallest absolute Gasteiger partial charge is 0.123 e. The number of fused-ring (bicyclic) bond motifs is 4. The minimum atomic E-state index is -0.410. The summed E-state index contributed by atoms with van der Waals surface area (Å²) in [7, 11) is 4.42. The second-order valence-electron chi connectivity index (χ2n) is 10.5. The lowest BCUT2D eigenvalue weighted by Gasteiger charge is -2.55. The zero-order valence-corrected chi connectivity index (χ0v) is 20.6. The Morgan fingerprint density at radius 3 is 2.46 bits per heavy atom. The predicted octanol–water partition coefficient (Wildman–Crippen LogP) is 6.57. The number of aromatic nitrogens is 1. The molecular formula is C31H33FN2O. The van der Waals surface area contributed by atoms with Crippen LogP contribution < -0.4 is 0 Å². The fraction of sp³-hybridized carbons (Fsp3) is 0.355. The van der Waals surface area contributed by atoms with Crippen LogP contribution in [0.5, 0.6) is 0 Å². The van der Waals surface area contributed by atoms with Crippen molar-refractivity contribution in [1.82, 2.24) is 9.88 Å². The molecule has 1 aliphatic carbocycles. The van der Waals surface area contributed by atoms with Crippen LogP contribution in [-0.4, -0.2) is 30.6 Å². The molecule has 3 nitrogen and oxygen atoms in total. The lowest BCUT2D eigenvalue weighted by atomic mass is 9.61. The molecule has 35 heavy (non-hydrogen) atoms. The van der Waals surface area contributed by atoms with E-state index in [0.717, 1.165) is 43.0 Å². The summed E-state index contributed by atoms with van der Waals surface area (Å²) in [4.78, 5) is 6.12. The highest BCUT2D eigenvalue weighted by Crippen LogP contribution is 2.56. The summed E-state index contributed by atoms with van der Waals surface area (Å²) in [5, 5.41) is 1.01. The molecule has 3 aromatic carbocycles. The fourth-order valence-corrected chi connectivity index (χ4v) is 6.85. The highest BCUT2D eigenvalue weighted by atomic mass is 19.1. The molecule has 3 unspecified atom stereocenters. The molecule has 2 heterocycles. The van der Waals surface area contributed by atoms with Crippen LogP contribution in [0.15, 0.2) is 78.9 Å². The molecule has 4 heteroatoms. The number of hydrogen-bond acceptors (Lipinski definition) is 2. The van der Waals surface area contributed by atoms with Crippen molar-refractivity contribution >= 4 is 10.9 Å². The van der Waals surface area contributed by atoms with E-state index in [-0.39, 0.29) is 17.3 Å². The highest BCUT2D eigenvalue weighted by molar-refractivity contribution is 5.85. The van der Waals surface area contributed by atoms with Gasteiger partial charge in [0.15, 0.2) is 0 Å². The van der Waals surface area contributed by atoms with Gasteiger partial charge in [-0.05, 0) is 87.0 Å². The van der Waals surface area contributed by atoms with Gasteiger partial charge < -0.3 is 9.72 Å². The number of ether oxygens (including phenoxy) is 1. The van der Waals surface area contributed by atoms with Gasteiger partial charge in [-0.1, -0.05) is 60.7 Å². The first-order chi connectivity index (χ1) is 17.0. The standard InChI is InChI=1S/C31H33FN2O/c1-34(2)30(23-11-7-4-8-12-23)16-17-31(24(21-30)19-22-9-5-3-6-10-22)29-26(15-18-35-31)27-20-25(32)13-14-28(27)33-29/h3-14,20,24,33H,15-19,21H2,1-2H3. The molecule has 1 N–H and O–H groups in total. The van der Waals surface area contributed by atoms with Crippen LogP contribution in [0.4, 0.5) is 4.39 Å². The third kappa shape index (κ3) is 3.62. The number of benzene rings is 3. The lowest BCUT2D eigenvalue weighted by molar-refractivity contribution is -0.153. The summed E-state index contributed by atoms with van der Waals surface area (Å²) >= 11 is 0. The van der Waals surface area contributed by atoms with Crippen molar-refractivity contribution in [3.05, 3.63) is 107 Å². The summed E-state index contributed by atoms with van der Waals surface area (Å²) in [6.45, 7) is 0.669. The van der Waals surface area contributed by atoms with Gasteiger partial charge in [0.25, 0.3) is 0 Å². The van der Waals surface area contributed by atoms with E-state index >= 15 is 0 Å². The molecule has 4 aromatic rings. The fourth-order valence-electron chi connectivity index (χ4n) is 6.85. The minimum absolute atomic E-state index is 0.0644. The van der Waals surface area contributed by atoms with Crippen molar-refractivity contribution in [3.8, 4) is 0 Å². The van der Waals surface area contributed by atoms with Gasteiger partial charge in [-0.3, -0.25) is 4.90 Å². The maximum atomic E-state index is 14.2. The quantitative estimate of drug-likeness (QED) is 0.367. The number of nitrogens with one attached hydrogen (secondary N) is 1. The Hall–Kier alpha value is -2.95. The normalized spacial score (nSPS) is 26.3. The van der Waals surface area contributed by atoms with Gasteiger partial charge in [0.05, 0.1) is 12.3 Å². The van der Waals surface area contributed by atoms with Crippen LogP contribution in [0.3, 0.4) is 0 Å². The number of rotatable bonds is 4. The molecule has 1 aliphatic heterocycles. The van der Waals surface area contributed by atoms with Crippen molar-refractivity contribution in [2.24, 2.45) is 5.92 Å². The summed E-state index contributed by atoms with van der Waals surface area (Å²) in [6, 6.07) is 26.8. The Balaban J connectivity index is 1.50. The summed E-state index contributed by atoms with van der Waals surface area (Å²) < 4.78 is 21.1. The third-order valence-electron chi connectivity index (χ3n) is 8.65. The maximum absolute atomic E-state index is 14.2. The van der Waals surface area contributed by atoms with E-state index in [9.17, 15) is 4.39 Å². The van der Waals surface area contributed by atoms with Gasteiger partial charge in [-0.25, -0.2) is 4.39 Å². The average molecular weight is 469 g/mol. The lowest BCUT2D eigenvalue weighted by Crippen LogP contribution is -2.55. The van der Waals surface area contributed by atoms with E-state index in [1.54, 1.807) is 12.1 Å². The van der Waals surface area contributed by atoms with Gasteiger partial charge in [-0.2, -0.15) is 0 Å². The molecule has 1 fully saturated rings. The summed E-state index contributed by atoms with van der Waals surface area (Å²) in [5.74, 6) is 0.0817. The molecule has 0 amide bonds. The van der Waals surface area contributed by atoms with Crippen molar-refractivity contribution in [3.63, 3.8) is 0 Å². The van der Waals surface area contributed by atoms with E-state index in [1.165, 1.54) is 22.4 Å².